The summed E-state index contributed by atoms with van der Waals surface area (Å²) >= 11 is 0. The quantitative estimate of drug-likeness (QED) is 0.589. The van der Waals surface area contributed by atoms with E-state index in [9.17, 15) is 0 Å². The van der Waals surface area contributed by atoms with E-state index < -0.39 is 0 Å². The van der Waals surface area contributed by atoms with E-state index in [1.807, 2.05) is 0 Å². The maximum atomic E-state index is 2.34. The molecule has 23 heavy (non-hydrogen) atoms. The Morgan fingerprint density at radius 2 is 1.04 bits per heavy atom. The van der Waals surface area contributed by atoms with Gasteiger partial charge in [-0.3, -0.25) is 0 Å². The zero-order valence-electron chi connectivity index (χ0n) is 14.5. The first-order valence-electron chi connectivity index (χ1n) is 8.67. The zero-order valence-corrected chi connectivity index (χ0v) is 14.5. The summed E-state index contributed by atoms with van der Waals surface area (Å²) in [6.07, 6.45) is 1.07. The predicted octanol–water partition coefficient (Wildman–Crippen LogP) is 6.56. The van der Waals surface area contributed by atoms with Crippen LogP contribution in [0.25, 0.3) is 11.1 Å². The van der Waals surface area contributed by atoms with Crippen molar-refractivity contribution in [1.29, 1.82) is 0 Å². The normalized spacial score (nSPS) is 22.6. The van der Waals surface area contributed by atoms with E-state index in [2.05, 4.69) is 76.2 Å². The molecule has 0 N–H and O–H groups in total. The summed E-state index contributed by atoms with van der Waals surface area (Å²) in [6, 6.07) is 17.9. The van der Waals surface area contributed by atoms with Gasteiger partial charge in [0.2, 0.25) is 0 Å². The van der Waals surface area contributed by atoms with Crippen molar-refractivity contribution in [1.82, 2.24) is 0 Å². The molecule has 2 aromatic rings. The highest BCUT2D eigenvalue weighted by Crippen LogP contribution is 2.49. The molecule has 0 aromatic heterocycles. The van der Waals surface area contributed by atoms with Crippen LogP contribution >= 0.6 is 0 Å². The molecule has 2 aromatic carbocycles. The van der Waals surface area contributed by atoms with Crippen LogP contribution in [0, 0.1) is 0 Å². The molecule has 0 nitrogen and oxygen atoms in total. The standard InChI is InChI=1S/C23H24/c1-14-16(3)22(20-11-7-5-9-18(14)20)13-23-17(4)15(2)19-10-6-8-12-21(19)23/h5-12,14-15H,13H2,1-4H3. The van der Waals surface area contributed by atoms with E-state index in [1.165, 1.54) is 22.3 Å². The molecule has 0 bridgehead atoms. The summed E-state index contributed by atoms with van der Waals surface area (Å²) in [5.41, 5.74) is 12.1. The molecule has 0 fully saturated rings. The smallest absolute Gasteiger partial charge is 0.00292 e. The average Bonchev–Trinajstić information content (AvgIpc) is 2.97. The van der Waals surface area contributed by atoms with Crippen molar-refractivity contribution in [2.45, 2.75) is 46.0 Å². The van der Waals surface area contributed by atoms with Gasteiger partial charge in [0, 0.05) is 11.8 Å². The van der Waals surface area contributed by atoms with Gasteiger partial charge in [0.25, 0.3) is 0 Å². The average molecular weight is 300 g/mol. The first-order valence-corrected chi connectivity index (χ1v) is 8.67. The van der Waals surface area contributed by atoms with Gasteiger partial charge < -0.3 is 0 Å². The van der Waals surface area contributed by atoms with Gasteiger partial charge in [0.05, 0.1) is 0 Å². The van der Waals surface area contributed by atoms with Gasteiger partial charge in [-0.25, -0.2) is 0 Å². The molecule has 0 radical (unpaired) electrons. The number of benzene rings is 2. The molecule has 2 unspecified atom stereocenters. The SMILES string of the molecule is CC1=C(CC2=C(C)C(C)c3ccccc32)c2ccccc2C1C. The Morgan fingerprint density at radius 3 is 1.48 bits per heavy atom. The van der Waals surface area contributed by atoms with Crippen LogP contribution in [-0.2, 0) is 0 Å². The molecular weight excluding hydrogens is 276 g/mol. The molecule has 2 aliphatic carbocycles. The van der Waals surface area contributed by atoms with Crippen LogP contribution in [0.15, 0.2) is 59.7 Å². The van der Waals surface area contributed by atoms with Gasteiger partial charge >= 0.3 is 0 Å². The van der Waals surface area contributed by atoms with Crippen LogP contribution < -0.4 is 0 Å². The fraction of sp³-hybridized carbons (Fsp3) is 0.304. The summed E-state index contributed by atoms with van der Waals surface area (Å²) in [5.74, 6) is 1.10. The number of fused-ring (bicyclic) bond motifs is 2. The van der Waals surface area contributed by atoms with Crippen molar-refractivity contribution >= 4 is 11.1 Å². The first-order chi connectivity index (χ1) is 11.1. The summed E-state index contributed by atoms with van der Waals surface area (Å²) < 4.78 is 0. The largest absolute Gasteiger partial charge is 0.0619 e. The van der Waals surface area contributed by atoms with Gasteiger partial charge in [-0.1, -0.05) is 73.5 Å². The van der Waals surface area contributed by atoms with Crippen LogP contribution in [0.5, 0.6) is 0 Å². The van der Waals surface area contributed by atoms with Crippen LogP contribution in [0.1, 0.15) is 68.2 Å². The Hall–Kier alpha value is -2.08. The molecule has 0 saturated carbocycles. The van der Waals surface area contributed by atoms with E-state index in [0.29, 0.717) is 11.8 Å². The van der Waals surface area contributed by atoms with E-state index in [0.717, 1.165) is 6.42 Å². The molecular formula is C23H24. The summed E-state index contributed by atoms with van der Waals surface area (Å²) in [4.78, 5) is 0. The predicted molar refractivity (Wildman–Crippen MR) is 99.5 cm³/mol. The minimum atomic E-state index is 0.552. The lowest BCUT2D eigenvalue weighted by molar-refractivity contribution is 0.916. The maximum absolute atomic E-state index is 2.34. The third-order valence-electron chi connectivity index (χ3n) is 6.11. The molecule has 0 saturated heterocycles. The third-order valence-corrected chi connectivity index (χ3v) is 6.11. The van der Waals surface area contributed by atoms with E-state index in [4.69, 9.17) is 0 Å². The summed E-state index contributed by atoms with van der Waals surface area (Å²) in [6.45, 7) is 9.32. The second-order valence-corrected chi connectivity index (χ2v) is 7.12. The Kier molecular flexibility index (Phi) is 3.30. The van der Waals surface area contributed by atoms with Gasteiger partial charge in [-0.15, -0.1) is 0 Å². The molecule has 2 aliphatic rings. The van der Waals surface area contributed by atoms with E-state index in [-0.39, 0.29) is 0 Å². The maximum Gasteiger partial charge on any atom is 0.00292 e. The van der Waals surface area contributed by atoms with E-state index in [1.54, 1.807) is 22.3 Å². The van der Waals surface area contributed by atoms with Crippen LogP contribution in [-0.4, -0.2) is 0 Å². The molecule has 4 rings (SSSR count). The summed E-state index contributed by atoms with van der Waals surface area (Å²) in [5, 5.41) is 0. The van der Waals surface area contributed by atoms with Crippen molar-refractivity contribution in [3.63, 3.8) is 0 Å². The number of rotatable bonds is 2. The highest BCUT2D eigenvalue weighted by Gasteiger charge is 2.30. The van der Waals surface area contributed by atoms with Gasteiger partial charge in [0.1, 0.15) is 0 Å². The first kappa shape index (κ1) is 14.5. The molecule has 0 spiro atoms. The Morgan fingerprint density at radius 1 is 0.652 bits per heavy atom. The lowest BCUT2D eigenvalue weighted by Gasteiger charge is -2.11. The number of allylic oxidation sites excluding steroid dienone is 4. The summed E-state index contributed by atoms with van der Waals surface area (Å²) in [7, 11) is 0. The number of hydrogen-bond donors (Lipinski definition) is 0. The minimum Gasteiger partial charge on any atom is -0.0619 e. The third kappa shape index (κ3) is 2.05. The lowest BCUT2D eigenvalue weighted by atomic mass is 9.93. The topological polar surface area (TPSA) is 0 Å². The fourth-order valence-electron chi connectivity index (χ4n) is 4.36. The fourth-order valence-corrected chi connectivity index (χ4v) is 4.36. The van der Waals surface area contributed by atoms with Crippen LogP contribution in [0.3, 0.4) is 0 Å². The van der Waals surface area contributed by atoms with Crippen molar-refractivity contribution < 1.29 is 0 Å². The van der Waals surface area contributed by atoms with Crippen molar-refractivity contribution in [2.24, 2.45) is 0 Å². The Balaban J connectivity index is 1.80. The van der Waals surface area contributed by atoms with Gasteiger partial charge in [0.15, 0.2) is 0 Å². The molecule has 2 atom stereocenters. The van der Waals surface area contributed by atoms with Crippen LogP contribution in [0.4, 0.5) is 0 Å². The van der Waals surface area contributed by atoms with Crippen molar-refractivity contribution in [3.05, 3.63) is 81.9 Å². The monoisotopic (exact) mass is 300 g/mol. The highest BCUT2D eigenvalue weighted by molar-refractivity contribution is 5.89. The van der Waals surface area contributed by atoms with Crippen molar-refractivity contribution in [3.8, 4) is 0 Å². The van der Waals surface area contributed by atoms with Crippen LogP contribution in [0.2, 0.25) is 0 Å². The Bertz CT molecular complexity index is 776. The lowest BCUT2D eigenvalue weighted by Crippen LogP contribution is -1.89. The second-order valence-electron chi connectivity index (χ2n) is 7.12. The molecule has 116 valence electrons. The zero-order chi connectivity index (χ0) is 16.1. The Labute approximate surface area is 139 Å². The highest BCUT2D eigenvalue weighted by atomic mass is 14.3. The second kappa shape index (κ2) is 5.23. The minimum absolute atomic E-state index is 0.552. The molecule has 0 amide bonds. The number of hydrogen-bond acceptors (Lipinski definition) is 0. The molecule has 0 heteroatoms. The van der Waals surface area contributed by atoms with Crippen molar-refractivity contribution in [2.75, 3.05) is 0 Å². The molecule has 0 aliphatic heterocycles. The van der Waals surface area contributed by atoms with Gasteiger partial charge in [-0.05, 0) is 53.7 Å². The van der Waals surface area contributed by atoms with Gasteiger partial charge in [-0.2, -0.15) is 0 Å². The molecule has 0 heterocycles. The van der Waals surface area contributed by atoms with E-state index >= 15 is 0 Å².